The normalized spacial score (nSPS) is 9.86. The summed E-state index contributed by atoms with van der Waals surface area (Å²) < 4.78 is 9.82. The van der Waals surface area contributed by atoms with Crippen LogP contribution in [0.5, 0.6) is 0 Å². The fourth-order valence-corrected chi connectivity index (χ4v) is 0.599. The van der Waals surface area contributed by atoms with Crippen molar-refractivity contribution in [3.63, 3.8) is 0 Å². The zero-order valence-corrected chi connectivity index (χ0v) is 9.53. The minimum atomic E-state index is 0.123. The summed E-state index contributed by atoms with van der Waals surface area (Å²) in [5, 5.41) is 16.4. The smallest absolute Gasteiger partial charge is 0.0701 e. The van der Waals surface area contributed by atoms with E-state index < -0.39 is 0 Å². The molecule has 0 heterocycles. The molecule has 0 fully saturated rings. The maximum Gasteiger partial charge on any atom is 0.0701 e. The van der Waals surface area contributed by atoms with Gasteiger partial charge in [-0.25, -0.2) is 0 Å². The quantitative estimate of drug-likeness (QED) is 0.608. The zero-order valence-electron chi connectivity index (χ0n) is 9.53. The maximum absolute atomic E-state index is 8.19. The summed E-state index contributed by atoms with van der Waals surface area (Å²) in [6.07, 6.45) is 1.27. The summed E-state index contributed by atoms with van der Waals surface area (Å²) in [6.45, 7) is 7.88. The third-order valence-electron chi connectivity index (χ3n) is 1.13. The Balaban J connectivity index is 0. The monoisotopic (exact) mass is 208 g/mol. The Kier molecular flexibility index (Phi) is 17.8. The van der Waals surface area contributed by atoms with Crippen LogP contribution in [0.15, 0.2) is 0 Å². The molecule has 4 nitrogen and oxygen atoms in total. The molecule has 0 aliphatic heterocycles. The molecule has 4 heteroatoms. The molecule has 0 aliphatic rings. The molecule has 0 aromatic heterocycles. The average Bonchev–Trinajstić information content (AvgIpc) is 2.16. The van der Waals surface area contributed by atoms with Gasteiger partial charge in [0.15, 0.2) is 0 Å². The molecule has 0 saturated heterocycles. The van der Waals surface area contributed by atoms with Crippen molar-refractivity contribution in [1.29, 1.82) is 0 Å². The number of aliphatic hydroxyl groups excluding tert-OH is 2. The van der Waals surface area contributed by atoms with Gasteiger partial charge >= 0.3 is 0 Å². The van der Waals surface area contributed by atoms with E-state index in [-0.39, 0.29) is 19.3 Å². The number of aliphatic hydroxyl groups is 2. The molecule has 0 aromatic carbocycles. The second-order valence-corrected chi connectivity index (χ2v) is 2.98. The molecule has 0 aliphatic carbocycles. The first-order valence-electron chi connectivity index (χ1n) is 5.10. The molecule has 0 rings (SSSR count). The first-order chi connectivity index (χ1) is 6.68. The van der Waals surface area contributed by atoms with Crippen molar-refractivity contribution in [3.05, 3.63) is 0 Å². The average molecular weight is 208 g/mol. The molecular weight excluding hydrogens is 184 g/mol. The summed E-state index contributed by atoms with van der Waals surface area (Å²) in [7, 11) is 0. The summed E-state index contributed by atoms with van der Waals surface area (Å²) in [4.78, 5) is 0. The van der Waals surface area contributed by atoms with Crippen molar-refractivity contribution in [2.75, 3.05) is 33.0 Å². The molecule has 0 aromatic rings. The van der Waals surface area contributed by atoms with E-state index in [4.69, 9.17) is 19.7 Å². The Morgan fingerprint density at radius 1 is 1.00 bits per heavy atom. The predicted molar refractivity (Wildman–Crippen MR) is 56.4 cm³/mol. The van der Waals surface area contributed by atoms with Crippen molar-refractivity contribution < 1.29 is 19.7 Å². The van der Waals surface area contributed by atoms with Gasteiger partial charge in [0.2, 0.25) is 0 Å². The Hall–Kier alpha value is -0.160. The predicted octanol–water partition coefficient (Wildman–Crippen LogP) is 0.809. The second kappa shape index (κ2) is 15.3. The molecule has 2 N–H and O–H groups in total. The van der Waals surface area contributed by atoms with Crippen molar-refractivity contribution in [1.82, 2.24) is 0 Å². The van der Waals surface area contributed by atoms with E-state index in [1.165, 1.54) is 0 Å². The van der Waals surface area contributed by atoms with Gasteiger partial charge < -0.3 is 19.7 Å². The Morgan fingerprint density at radius 2 is 1.57 bits per heavy atom. The minimum absolute atomic E-state index is 0.123. The molecule has 0 spiro atoms. The molecular formula is C10H24O4. The molecule has 88 valence electrons. The number of hydrogen-bond acceptors (Lipinski definition) is 4. The second-order valence-electron chi connectivity index (χ2n) is 2.98. The fraction of sp³-hybridized carbons (Fsp3) is 1.00. The topological polar surface area (TPSA) is 58.9 Å². The van der Waals surface area contributed by atoms with Gasteiger partial charge in [-0.2, -0.15) is 0 Å². The first kappa shape index (κ1) is 16.3. The van der Waals surface area contributed by atoms with Gasteiger partial charge in [0.25, 0.3) is 0 Å². The van der Waals surface area contributed by atoms with E-state index in [0.29, 0.717) is 13.2 Å². The van der Waals surface area contributed by atoms with Gasteiger partial charge in [-0.05, 0) is 20.3 Å². The maximum atomic E-state index is 8.19. The van der Waals surface area contributed by atoms with Gasteiger partial charge in [-0.3, -0.25) is 0 Å². The van der Waals surface area contributed by atoms with Crippen LogP contribution in [0, 0.1) is 0 Å². The third-order valence-corrected chi connectivity index (χ3v) is 1.13. The molecule has 0 saturated carbocycles. The van der Waals surface area contributed by atoms with Crippen LogP contribution in [-0.2, 0) is 9.47 Å². The van der Waals surface area contributed by atoms with Crippen LogP contribution in [0.2, 0.25) is 0 Å². The lowest BCUT2D eigenvalue weighted by Gasteiger charge is -2.02. The highest BCUT2D eigenvalue weighted by Gasteiger charge is 1.87. The molecule has 0 unspecified atom stereocenters. The van der Waals surface area contributed by atoms with Crippen LogP contribution < -0.4 is 0 Å². The van der Waals surface area contributed by atoms with E-state index >= 15 is 0 Å². The Bertz CT molecular complexity index is 82.2. The van der Waals surface area contributed by atoms with E-state index in [1.807, 2.05) is 20.8 Å². The van der Waals surface area contributed by atoms with Crippen molar-refractivity contribution >= 4 is 0 Å². The third kappa shape index (κ3) is 22.6. The van der Waals surface area contributed by atoms with Gasteiger partial charge in [-0.15, -0.1) is 0 Å². The van der Waals surface area contributed by atoms with Gasteiger partial charge in [-0.1, -0.05) is 6.92 Å². The van der Waals surface area contributed by atoms with Crippen molar-refractivity contribution in [2.45, 2.75) is 33.3 Å². The highest BCUT2D eigenvalue weighted by atomic mass is 16.5. The molecule has 0 radical (unpaired) electrons. The number of rotatable bonds is 7. The molecule has 0 atom stereocenters. The van der Waals surface area contributed by atoms with E-state index in [1.54, 1.807) is 0 Å². The summed E-state index contributed by atoms with van der Waals surface area (Å²) >= 11 is 0. The summed E-state index contributed by atoms with van der Waals surface area (Å²) in [6, 6.07) is 0. The van der Waals surface area contributed by atoms with Gasteiger partial charge in [0.05, 0.1) is 32.5 Å². The van der Waals surface area contributed by atoms with Gasteiger partial charge in [0.1, 0.15) is 0 Å². The largest absolute Gasteiger partial charge is 0.394 e. The standard InChI is InChI=1S/2C5H12O2/c1-5(2)7-4-3-6;1-2-4-7-5-3-6/h5-6H,3-4H2,1-2H3;6H,2-5H2,1H3. The highest BCUT2D eigenvalue weighted by Crippen LogP contribution is 1.83. The van der Waals surface area contributed by atoms with E-state index in [2.05, 4.69) is 0 Å². The number of hydrogen-bond donors (Lipinski definition) is 2. The van der Waals surface area contributed by atoms with Crippen LogP contribution >= 0.6 is 0 Å². The van der Waals surface area contributed by atoms with Crippen LogP contribution in [0.25, 0.3) is 0 Å². The summed E-state index contributed by atoms with van der Waals surface area (Å²) in [5.41, 5.74) is 0. The minimum Gasteiger partial charge on any atom is -0.394 e. The van der Waals surface area contributed by atoms with Crippen LogP contribution in [-0.4, -0.2) is 49.4 Å². The SMILES string of the molecule is CC(C)OCCO.CCCOCCO. The lowest BCUT2D eigenvalue weighted by atomic mass is 10.5. The first-order valence-corrected chi connectivity index (χ1v) is 5.10. The summed E-state index contributed by atoms with van der Waals surface area (Å²) in [5.74, 6) is 0. The van der Waals surface area contributed by atoms with Crippen molar-refractivity contribution in [2.24, 2.45) is 0 Å². The Labute approximate surface area is 86.8 Å². The fourth-order valence-electron chi connectivity index (χ4n) is 0.599. The van der Waals surface area contributed by atoms with Crippen molar-refractivity contribution in [3.8, 4) is 0 Å². The molecule has 0 amide bonds. The number of ether oxygens (including phenoxy) is 2. The lowest BCUT2D eigenvalue weighted by molar-refractivity contribution is 0.0494. The van der Waals surface area contributed by atoms with E-state index in [9.17, 15) is 0 Å². The highest BCUT2D eigenvalue weighted by molar-refractivity contribution is 4.33. The molecule has 14 heavy (non-hydrogen) atoms. The van der Waals surface area contributed by atoms with Gasteiger partial charge in [0, 0.05) is 6.61 Å². The van der Waals surface area contributed by atoms with Crippen LogP contribution in [0.4, 0.5) is 0 Å². The van der Waals surface area contributed by atoms with E-state index in [0.717, 1.165) is 13.0 Å². The lowest BCUT2D eigenvalue weighted by Crippen LogP contribution is -2.06. The Morgan fingerprint density at radius 3 is 1.86 bits per heavy atom. The zero-order chi connectivity index (χ0) is 11.2. The van der Waals surface area contributed by atoms with Crippen LogP contribution in [0.1, 0.15) is 27.2 Å². The molecule has 0 bridgehead atoms. The van der Waals surface area contributed by atoms with Crippen LogP contribution in [0.3, 0.4) is 0 Å².